The van der Waals surface area contributed by atoms with Gasteiger partial charge in [-0.3, -0.25) is 4.79 Å². The van der Waals surface area contributed by atoms with E-state index < -0.39 is 0 Å². The van der Waals surface area contributed by atoms with E-state index in [2.05, 4.69) is 12.0 Å². The van der Waals surface area contributed by atoms with Crippen LogP contribution in [-0.4, -0.2) is 33.7 Å². The van der Waals surface area contributed by atoms with E-state index in [0.29, 0.717) is 11.6 Å². The van der Waals surface area contributed by atoms with Gasteiger partial charge in [-0.15, -0.1) is 0 Å². The van der Waals surface area contributed by atoms with Gasteiger partial charge in [-0.1, -0.05) is 25.1 Å². The molecule has 1 aliphatic rings. The van der Waals surface area contributed by atoms with Gasteiger partial charge in [0.15, 0.2) is 0 Å². The third kappa shape index (κ3) is 3.06. The number of carbonyl (C=O) groups is 1. The first-order valence-corrected chi connectivity index (χ1v) is 8.02. The summed E-state index contributed by atoms with van der Waals surface area (Å²) in [6.45, 7) is 2.29. The van der Waals surface area contributed by atoms with Crippen LogP contribution in [0.2, 0.25) is 0 Å². The predicted molar refractivity (Wildman–Crippen MR) is 87.1 cm³/mol. The van der Waals surface area contributed by atoms with Crippen molar-refractivity contribution in [3.05, 3.63) is 48.3 Å². The highest BCUT2D eigenvalue weighted by molar-refractivity contribution is 5.93. The van der Waals surface area contributed by atoms with E-state index in [1.807, 2.05) is 48.5 Å². The average Bonchev–Trinajstić information content (AvgIpc) is 3.05. The van der Waals surface area contributed by atoms with Gasteiger partial charge in [-0.05, 0) is 43.7 Å². The van der Waals surface area contributed by atoms with Crippen molar-refractivity contribution in [3.8, 4) is 5.69 Å². The fourth-order valence-electron chi connectivity index (χ4n) is 3.15. The number of hydrogen-bond donors (Lipinski definition) is 0. The molecule has 2 aromatic rings. The molecule has 1 aromatic heterocycles. The van der Waals surface area contributed by atoms with Gasteiger partial charge in [-0.25, -0.2) is 4.68 Å². The zero-order valence-corrected chi connectivity index (χ0v) is 13.3. The molecule has 1 aliphatic carbocycles. The van der Waals surface area contributed by atoms with Crippen molar-refractivity contribution in [2.45, 2.75) is 38.6 Å². The zero-order chi connectivity index (χ0) is 15.5. The highest BCUT2D eigenvalue weighted by Gasteiger charge is 2.26. The Morgan fingerprint density at radius 1 is 1.18 bits per heavy atom. The summed E-state index contributed by atoms with van der Waals surface area (Å²) in [5, 5.41) is 4.32. The Balaban J connectivity index is 1.71. The minimum absolute atomic E-state index is 0.0711. The Labute approximate surface area is 131 Å². The number of carbonyl (C=O) groups excluding carboxylic acids is 1. The van der Waals surface area contributed by atoms with Gasteiger partial charge in [0.1, 0.15) is 0 Å². The molecule has 1 heterocycles. The summed E-state index contributed by atoms with van der Waals surface area (Å²) in [4.78, 5) is 14.5. The van der Waals surface area contributed by atoms with Crippen molar-refractivity contribution in [1.82, 2.24) is 14.7 Å². The molecule has 0 bridgehead atoms. The molecule has 1 aromatic carbocycles. The van der Waals surface area contributed by atoms with Gasteiger partial charge in [0.05, 0.1) is 17.4 Å². The van der Waals surface area contributed by atoms with Crippen molar-refractivity contribution < 1.29 is 4.79 Å². The zero-order valence-electron chi connectivity index (χ0n) is 13.3. The molecule has 0 radical (unpaired) electrons. The minimum Gasteiger partial charge on any atom is -0.339 e. The van der Waals surface area contributed by atoms with Crippen molar-refractivity contribution in [2.24, 2.45) is 5.92 Å². The molecule has 0 atom stereocenters. The lowest BCUT2D eigenvalue weighted by atomic mass is 9.86. The molecule has 1 amide bonds. The van der Waals surface area contributed by atoms with Crippen LogP contribution in [0.5, 0.6) is 0 Å². The van der Waals surface area contributed by atoms with Gasteiger partial charge < -0.3 is 4.90 Å². The molecule has 3 rings (SSSR count). The summed E-state index contributed by atoms with van der Waals surface area (Å²) in [6, 6.07) is 10.2. The summed E-state index contributed by atoms with van der Waals surface area (Å²) in [6.07, 6.45) is 8.13. The summed E-state index contributed by atoms with van der Waals surface area (Å²) >= 11 is 0. The number of nitrogens with zero attached hydrogens (tertiary/aromatic N) is 3. The number of rotatable bonds is 3. The molecular weight excluding hydrogens is 274 g/mol. The Hall–Kier alpha value is -2.10. The van der Waals surface area contributed by atoms with Crippen molar-refractivity contribution in [1.29, 1.82) is 0 Å². The number of amides is 1. The lowest BCUT2D eigenvalue weighted by Crippen LogP contribution is -2.39. The second-order valence-electron chi connectivity index (χ2n) is 6.34. The third-order valence-corrected chi connectivity index (χ3v) is 4.70. The molecular formula is C18H23N3O. The van der Waals surface area contributed by atoms with Crippen molar-refractivity contribution >= 4 is 5.91 Å². The molecule has 0 unspecified atom stereocenters. The van der Waals surface area contributed by atoms with Gasteiger partial charge in [0.25, 0.3) is 5.91 Å². The first kappa shape index (κ1) is 14.8. The fourth-order valence-corrected chi connectivity index (χ4v) is 3.15. The SMILES string of the molecule is CC1CCC(N(C)C(=O)c2cnn(-c3ccccc3)c2)CC1. The second-order valence-corrected chi connectivity index (χ2v) is 6.34. The molecule has 0 N–H and O–H groups in total. The van der Waals surface area contributed by atoms with E-state index >= 15 is 0 Å². The van der Waals surface area contributed by atoms with Crippen LogP contribution < -0.4 is 0 Å². The molecule has 22 heavy (non-hydrogen) atoms. The van der Waals surface area contributed by atoms with Gasteiger partial charge in [0.2, 0.25) is 0 Å². The Kier molecular flexibility index (Phi) is 4.27. The van der Waals surface area contributed by atoms with Crippen LogP contribution in [0.25, 0.3) is 5.69 Å². The lowest BCUT2D eigenvalue weighted by Gasteiger charge is -2.33. The Bertz CT molecular complexity index is 627. The first-order chi connectivity index (χ1) is 10.6. The minimum atomic E-state index is 0.0711. The third-order valence-electron chi connectivity index (χ3n) is 4.70. The lowest BCUT2D eigenvalue weighted by molar-refractivity contribution is 0.0679. The Morgan fingerprint density at radius 3 is 2.55 bits per heavy atom. The molecule has 4 nitrogen and oxygen atoms in total. The molecule has 4 heteroatoms. The summed E-state index contributed by atoms with van der Waals surface area (Å²) < 4.78 is 1.75. The second kappa shape index (κ2) is 6.34. The van der Waals surface area contributed by atoms with Gasteiger partial charge >= 0.3 is 0 Å². The van der Waals surface area contributed by atoms with Crippen molar-refractivity contribution in [2.75, 3.05) is 7.05 Å². The first-order valence-electron chi connectivity index (χ1n) is 8.02. The van der Waals surface area contributed by atoms with Crippen LogP contribution >= 0.6 is 0 Å². The monoisotopic (exact) mass is 297 g/mol. The van der Waals surface area contributed by atoms with Crippen LogP contribution in [0.3, 0.4) is 0 Å². The normalized spacial score (nSPS) is 21.5. The van der Waals surface area contributed by atoms with E-state index in [-0.39, 0.29) is 5.91 Å². The van der Waals surface area contributed by atoms with Crippen LogP contribution in [-0.2, 0) is 0 Å². The van der Waals surface area contributed by atoms with E-state index in [1.54, 1.807) is 10.9 Å². The van der Waals surface area contributed by atoms with E-state index in [9.17, 15) is 4.79 Å². The number of aromatic nitrogens is 2. The highest BCUT2D eigenvalue weighted by atomic mass is 16.2. The molecule has 116 valence electrons. The number of benzene rings is 1. The van der Waals surface area contributed by atoms with Gasteiger partial charge in [0, 0.05) is 19.3 Å². The molecule has 1 saturated carbocycles. The average molecular weight is 297 g/mol. The largest absolute Gasteiger partial charge is 0.339 e. The topological polar surface area (TPSA) is 38.1 Å². The quantitative estimate of drug-likeness (QED) is 0.869. The van der Waals surface area contributed by atoms with Gasteiger partial charge in [-0.2, -0.15) is 5.10 Å². The standard InChI is InChI=1S/C18H23N3O/c1-14-8-10-16(11-9-14)20(2)18(22)15-12-19-21(13-15)17-6-4-3-5-7-17/h3-7,12-14,16H,8-11H2,1-2H3. The molecule has 0 aliphatic heterocycles. The smallest absolute Gasteiger partial charge is 0.257 e. The van der Waals surface area contributed by atoms with Crippen LogP contribution in [0.1, 0.15) is 43.0 Å². The van der Waals surface area contributed by atoms with E-state index in [0.717, 1.165) is 24.4 Å². The Morgan fingerprint density at radius 2 is 1.86 bits per heavy atom. The number of para-hydroxylation sites is 1. The maximum absolute atomic E-state index is 12.6. The van der Waals surface area contributed by atoms with E-state index in [4.69, 9.17) is 0 Å². The van der Waals surface area contributed by atoms with Crippen molar-refractivity contribution in [3.63, 3.8) is 0 Å². The maximum Gasteiger partial charge on any atom is 0.257 e. The van der Waals surface area contributed by atoms with Crippen LogP contribution in [0.4, 0.5) is 0 Å². The molecule has 1 fully saturated rings. The molecule has 0 saturated heterocycles. The predicted octanol–water partition coefficient (Wildman–Crippen LogP) is 3.52. The fraction of sp³-hybridized carbons (Fsp3) is 0.444. The molecule has 0 spiro atoms. The van der Waals surface area contributed by atoms with Crippen LogP contribution in [0.15, 0.2) is 42.7 Å². The van der Waals surface area contributed by atoms with E-state index in [1.165, 1.54) is 12.8 Å². The summed E-state index contributed by atoms with van der Waals surface area (Å²) in [7, 11) is 1.92. The van der Waals surface area contributed by atoms with Crippen LogP contribution in [0, 0.1) is 5.92 Å². The number of hydrogen-bond acceptors (Lipinski definition) is 2. The summed E-state index contributed by atoms with van der Waals surface area (Å²) in [5.41, 5.74) is 1.63. The maximum atomic E-state index is 12.6. The summed E-state index contributed by atoms with van der Waals surface area (Å²) in [5.74, 6) is 0.863. The highest BCUT2D eigenvalue weighted by Crippen LogP contribution is 2.27.